The Morgan fingerprint density at radius 3 is 3.00 bits per heavy atom. The zero-order valence-electron chi connectivity index (χ0n) is 11.3. The largest absolute Gasteiger partial charge is 0.479 e. The van der Waals surface area contributed by atoms with Gasteiger partial charge in [-0.05, 0) is 54.4 Å². The molecule has 0 aliphatic carbocycles. The highest BCUT2D eigenvalue weighted by atomic mass is 32.1. The van der Waals surface area contributed by atoms with E-state index < -0.39 is 6.10 Å². The maximum atomic E-state index is 11.6. The molecule has 0 spiro atoms. The first kappa shape index (κ1) is 13.0. The summed E-state index contributed by atoms with van der Waals surface area (Å²) in [5.41, 5.74) is 2.93. The van der Waals surface area contributed by atoms with E-state index in [0.29, 0.717) is 5.75 Å². The lowest BCUT2D eigenvalue weighted by Crippen LogP contribution is -2.34. The second-order valence-electron chi connectivity index (χ2n) is 4.88. The molecule has 5 heteroatoms. The predicted octanol–water partition coefficient (Wildman–Crippen LogP) is 3.64. The van der Waals surface area contributed by atoms with E-state index in [1.54, 1.807) is 18.3 Å². The van der Waals surface area contributed by atoms with Gasteiger partial charge in [-0.3, -0.25) is 4.79 Å². The van der Waals surface area contributed by atoms with Crippen LogP contribution in [-0.2, 0) is 4.79 Å². The summed E-state index contributed by atoms with van der Waals surface area (Å²) in [6.07, 6.45) is -0.439. The lowest BCUT2D eigenvalue weighted by molar-refractivity contribution is -0.122. The topological polar surface area (TPSA) is 50.4 Å². The summed E-state index contributed by atoms with van der Waals surface area (Å²) in [4.78, 5) is 11.6. The minimum absolute atomic E-state index is 0.111. The van der Waals surface area contributed by atoms with Gasteiger partial charge in [0.15, 0.2) is 6.10 Å². The smallest absolute Gasteiger partial charge is 0.265 e. The third kappa shape index (κ3) is 2.49. The molecule has 1 aromatic heterocycles. The van der Waals surface area contributed by atoms with Crippen molar-refractivity contribution in [1.82, 2.24) is 0 Å². The molecule has 2 N–H and O–H groups in total. The molecule has 2 aromatic rings. The van der Waals surface area contributed by atoms with Crippen LogP contribution < -0.4 is 15.4 Å². The van der Waals surface area contributed by atoms with Gasteiger partial charge < -0.3 is 15.4 Å². The maximum absolute atomic E-state index is 11.6. The minimum atomic E-state index is -0.439. The Hall–Kier alpha value is -2.01. The van der Waals surface area contributed by atoms with E-state index in [9.17, 15) is 4.79 Å². The number of anilines is 2. The van der Waals surface area contributed by atoms with Gasteiger partial charge in [0, 0.05) is 11.7 Å². The number of hydrogen-bond donors (Lipinski definition) is 2. The van der Waals surface area contributed by atoms with Crippen molar-refractivity contribution < 1.29 is 9.53 Å². The molecule has 2 heterocycles. The lowest BCUT2D eigenvalue weighted by Gasteiger charge is -2.24. The fraction of sp³-hybridized carbons (Fsp3) is 0.267. The maximum Gasteiger partial charge on any atom is 0.265 e. The molecule has 20 heavy (non-hydrogen) atoms. The van der Waals surface area contributed by atoms with Crippen molar-refractivity contribution in [3.8, 4) is 5.75 Å². The molecule has 0 fully saturated rings. The third-order valence-electron chi connectivity index (χ3n) is 3.34. The van der Waals surface area contributed by atoms with Gasteiger partial charge in [0.05, 0.1) is 5.69 Å². The number of carbonyl (C=O) groups is 1. The first-order chi connectivity index (χ1) is 9.63. The Bertz CT molecular complexity index is 625. The number of rotatable bonds is 3. The number of benzene rings is 1. The molecular formula is C15H16N2O2S. The Morgan fingerprint density at radius 2 is 2.25 bits per heavy atom. The van der Waals surface area contributed by atoms with Crippen LogP contribution in [0.3, 0.4) is 0 Å². The molecule has 1 amide bonds. The van der Waals surface area contributed by atoms with Crippen LogP contribution in [0.2, 0.25) is 0 Å². The van der Waals surface area contributed by atoms with Crippen molar-refractivity contribution in [2.24, 2.45) is 0 Å². The number of ether oxygens (including phenoxy) is 1. The third-order valence-corrected chi connectivity index (χ3v) is 4.04. The van der Waals surface area contributed by atoms with Gasteiger partial charge in [-0.25, -0.2) is 0 Å². The predicted molar refractivity (Wildman–Crippen MR) is 81.5 cm³/mol. The molecule has 1 aromatic carbocycles. The van der Waals surface area contributed by atoms with Crippen LogP contribution >= 0.6 is 11.3 Å². The molecule has 1 aliphatic rings. The van der Waals surface area contributed by atoms with Crippen LogP contribution in [0, 0.1) is 0 Å². The quantitative estimate of drug-likeness (QED) is 0.906. The van der Waals surface area contributed by atoms with Crippen LogP contribution in [0.1, 0.15) is 25.5 Å². The molecule has 4 nitrogen and oxygen atoms in total. The Morgan fingerprint density at radius 1 is 1.40 bits per heavy atom. The summed E-state index contributed by atoms with van der Waals surface area (Å²) in [7, 11) is 0. The van der Waals surface area contributed by atoms with Crippen molar-refractivity contribution in [3.05, 3.63) is 40.6 Å². The van der Waals surface area contributed by atoms with Crippen molar-refractivity contribution in [2.75, 3.05) is 10.6 Å². The number of amides is 1. The van der Waals surface area contributed by atoms with Crippen molar-refractivity contribution >= 4 is 28.6 Å². The van der Waals surface area contributed by atoms with Gasteiger partial charge in [0.25, 0.3) is 5.91 Å². The highest BCUT2D eigenvalue weighted by Crippen LogP contribution is 2.33. The molecule has 3 rings (SSSR count). The first-order valence-corrected chi connectivity index (χ1v) is 7.48. The van der Waals surface area contributed by atoms with Crippen LogP contribution in [0.4, 0.5) is 11.4 Å². The Balaban J connectivity index is 1.79. The van der Waals surface area contributed by atoms with Gasteiger partial charge in [-0.2, -0.15) is 11.3 Å². The summed E-state index contributed by atoms with van der Waals surface area (Å²) in [6, 6.07) is 8.08. The van der Waals surface area contributed by atoms with Crippen molar-refractivity contribution in [3.63, 3.8) is 0 Å². The number of fused-ring (bicyclic) bond motifs is 1. The second kappa shape index (κ2) is 5.17. The van der Waals surface area contributed by atoms with Gasteiger partial charge in [0.2, 0.25) is 0 Å². The molecule has 0 radical (unpaired) electrons. The summed E-state index contributed by atoms with van der Waals surface area (Å²) < 4.78 is 5.54. The summed E-state index contributed by atoms with van der Waals surface area (Å²) in [6.45, 7) is 3.85. The fourth-order valence-corrected chi connectivity index (χ4v) is 2.91. The zero-order chi connectivity index (χ0) is 14.1. The van der Waals surface area contributed by atoms with E-state index in [-0.39, 0.29) is 11.9 Å². The van der Waals surface area contributed by atoms with E-state index in [2.05, 4.69) is 34.4 Å². The normalized spacial score (nSPS) is 18.7. The molecule has 2 atom stereocenters. The van der Waals surface area contributed by atoms with Crippen molar-refractivity contribution in [1.29, 1.82) is 0 Å². The molecular weight excluding hydrogens is 272 g/mol. The standard InChI is InChI=1S/C15H16N2O2S/c1-9(11-5-6-20-8-11)16-12-3-4-14-13(7-12)17-15(18)10(2)19-14/h3-10,16H,1-2H3,(H,17,18). The van der Waals surface area contributed by atoms with E-state index in [1.807, 2.05) is 18.2 Å². The molecule has 0 saturated carbocycles. The average Bonchev–Trinajstić information content (AvgIpc) is 2.94. The zero-order valence-corrected chi connectivity index (χ0v) is 12.2. The van der Waals surface area contributed by atoms with Crippen LogP contribution in [0.15, 0.2) is 35.0 Å². The van der Waals surface area contributed by atoms with E-state index in [0.717, 1.165) is 11.4 Å². The number of nitrogens with one attached hydrogen (secondary N) is 2. The summed E-state index contributed by atoms with van der Waals surface area (Å²) in [5, 5.41) is 10.5. The number of hydrogen-bond acceptors (Lipinski definition) is 4. The summed E-state index contributed by atoms with van der Waals surface area (Å²) in [5.74, 6) is 0.603. The van der Waals surface area contributed by atoms with E-state index >= 15 is 0 Å². The molecule has 104 valence electrons. The SMILES string of the molecule is CC1Oc2ccc(NC(C)c3ccsc3)cc2NC1=O. The molecule has 1 aliphatic heterocycles. The van der Waals surface area contributed by atoms with E-state index in [1.165, 1.54) is 5.56 Å². The minimum Gasteiger partial charge on any atom is -0.479 e. The Kier molecular flexibility index (Phi) is 3.36. The molecule has 2 unspecified atom stereocenters. The van der Waals surface area contributed by atoms with Gasteiger partial charge in [0.1, 0.15) is 5.75 Å². The van der Waals surface area contributed by atoms with Crippen LogP contribution in [0.5, 0.6) is 5.75 Å². The molecule has 0 bridgehead atoms. The van der Waals surface area contributed by atoms with Gasteiger partial charge >= 0.3 is 0 Å². The summed E-state index contributed by atoms with van der Waals surface area (Å²) >= 11 is 1.68. The van der Waals surface area contributed by atoms with Crippen LogP contribution in [0.25, 0.3) is 0 Å². The number of carbonyl (C=O) groups excluding carboxylic acids is 1. The Labute approximate surface area is 121 Å². The average molecular weight is 288 g/mol. The fourth-order valence-electron chi connectivity index (χ4n) is 2.15. The highest BCUT2D eigenvalue weighted by Gasteiger charge is 2.23. The highest BCUT2D eigenvalue weighted by molar-refractivity contribution is 7.08. The molecule has 0 saturated heterocycles. The van der Waals surface area contributed by atoms with Crippen LogP contribution in [-0.4, -0.2) is 12.0 Å². The van der Waals surface area contributed by atoms with Crippen molar-refractivity contribution in [2.45, 2.75) is 26.0 Å². The van der Waals surface area contributed by atoms with E-state index in [4.69, 9.17) is 4.74 Å². The lowest BCUT2D eigenvalue weighted by atomic mass is 10.1. The first-order valence-electron chi connectivity index (χ1n) is 6.53. The second-order valence-corrected chi connectivity index (χ2v) is 5.66. The van der Waals surface area contributed by atoms with Gasteiger partial charge in [-0.15, -0.1) is 0 Å². The monoisotopic (exact) mass is 288 g/mol. The van der Waals surface area contributed by atoms with Gasteiger partial charge in [-0.1, -0.05) is 0 Å². The number of thiophene rings is 1.